The van der Waals surface area contributed by atoms with E-state index >= 15 is 0 Å². The molecule has 140 valence electrons. The Labute approximate surface area is 151 Å². The number of carbonyl (C=O) groups is 1. The van der Waals surface area contributed by atoms with Gasteiger partial charge in [0.25, 0.3) is 5.91 Å². The second-order valence-electron chi connectivity index (χ2n) is 7.23. The van der Waals surface area contributed by atoms with Gasteiger partial charge >= 0.3 is 0 Å². The predicted octanol–water partition coefficient (Wildman–Crippen LogP) is 1.89. The van der Waals surface area contributed by atoms with E-state index < -0.39 is 0 Å². The van der Waals surface area contributed by atoms with E-state index in [1.807, 2.05) is 12.1 Å². The summed E-state index contributed by atoms with van der Waals surface area (Å²) in [5, 5.41) is 12.5. The summed E-state index contributed by atoms with van der Waals surface area (Å²) >= 11 is 0. The zero-order valence-electron chi connectivity index (χ0n) is 15.9. The number of amides is 1. The zero-order valence-corrected chi connectivity index (χ0v) is 15.9. The van der Waals surface area contributed by atoms with Crippen molar-refractivity contribution in [2.45, 2.75) is 58.7 Å². The van der Waals surface area contributed by atoms with Gasteiger partial charge in [-0.1, -0.05) is 6.07 Å². The molecule has 2 N–H and O–H groups in total. The summed E-state index contributed by atoms with van der Waals surface area (Å²) in [4.78, 5) is 21.4. The highest BCUT2D eigenvalue weighted by molar-refractivity contribution is 5.92. The molecule has 1 amide bonds. The summed E-state index contributed by atoms with van der Waals surface area (Å²) in [6.07, 6.45) is 2.01. The normalized spacial score (nSPS) is 17.8. The minimum atomic E-state index is -0.144. The Morgan fingerprint density at radius 2 is 2.08 bits per heavy atom. The molecule has 0 saturated carbocycles. The van der Waals surface area contributed by atoms with Crippen molar-refractivity contribution in [2.75, 3.05) is 31.1 Å². The molecule has 1 saturated heterocycles. The quantitative estimate of drug-likeness (QED) is 0.751. The Bertz CT molecular complexity index is 554. The SMILES string of the molecule is CC(C)N(CCNC(=O)c1cccc(N2CCCC2CO)n1)C(C)C. The predicted molar refractivity (Wildman–Crippen MR) is 101 cm³/mol. The second kappa shape index (κ2) is 9.15. The van der Waals surface area contributed by atoms with Gasteiger partial charge in [0, 0.05) is 31.7 Å². The number of rotatable bonds is 8. The number of hydrogen-bond acceptors (Lipinski definition) is 5. The number of anilines is 1. The summed E-state index contributed by atoms with van der Waals surface area (Å²) < 4.78 is 0. The average Bonchev–Trinajstić information content (AvgIpc) is 3.06. The van der Waals surface area contributed by atoms with E-state index in [0.717, 1.165) is 31.7 Å². The molecule has 2 heterocycles. The molecule has 0 aliphatic carbocycles. The lowest BCUT2D eigenvalue weighted by atomic mass is 10.2. The average molecular weight is 348 g/mol. The van der Waals surface area contributed by atoms with E-state index in [1.165, 1.54) is 0 Å². The maximum Gasteiger partial charge on any atom is 0.270 e. The van der Waals surface area contributed by atoms with Crippen LogP contribution >= 0.6 is 0 Å². The van der Waals surface area contributed by atoms with Crippen molar-refractivity contribution in [1.82, 2.24) is 15.2 Å². The molecule has 1 aromatic rings. The minimum Gasteiger partial charge on any atom is -0.394 e. The standard InChI is InChI=1S/C19H32N4O2/c1-14(2)22(15(3)4)12-10-20-19(25)17-8-5-9-18(21-17)23-11-6-7-16(23)13-24/h5,8-9,14-16,24H,6-7,10-13H2,1-4H3,(H,20,25). The topological polar surface area (TPSA) is 68.7 Å². The number of pyridine rings is 1. The van der Waals surface area contributed by atoms with Gasteiger partial charge in [-0.2, -0.15) is 0 Å². The molecule has 1 atom stereocenters. The molecule has 6 heteroatoms. The largest absolute Gasteiger partial charge is 0.394 e. The van der Waals surface area contributed by atoms with Gasteiger partial charge in [-0.25, -0.2) is 4.98 Å². The van der Waals surface area contributed by atoms with Gasteiger partial charge in [0.2, 0.25) is 0 Å². The third-order valence-corrected chi connectivity index (χ3v) is 4.83. The molecular weight excluding hydrogens is 316 g/mol. The van der Waals surface area contributed by atoms with Crippen LogP contribution in [0.15, 0.2) is 18.2 Å². The number of aliphatic hydroxyl groups is 1. The molecule has 1 aliphatic heterocycles. The Kier molecular flexibility index (Phi) is 7.20. The Balaban J connectivity index is 1.95. The molecule has 1 unspecified atom stereocenters. The first-order valence-corrected chi connectivity index (χ1v) is 9.32. The number of nitrogens with zero attached hydrogens (tertiary/aromatic N) is 3. The van der Waals surface area contributed by atoms with Crippen LogP contribution in [-0.4, -0.2) is 65.3 Å². The van der Waals surface area contributed by atoms with Crippen molar-refractivity contribution < 1.29 is 9.90 Å². The van der Waals surface area contributed by atoms with E-state index in [0.29, 0.717) is 24.3 Å². The van der Waals surface area contributed by atoms with E-state index in [2.05, 4.69) is 47.8 Å². The van der Waals surface area contributed by atoms with E-state index in [1.54, 1.807) is 6.07 Å². The van der Waals surface area contributed by atoms with Gasteiger partial charge in [0.1, 0.15) is 11.5 Å². The first-order chi connectivity index (χ1) is 11.9. The zero-order chi connectivity index (χ0) is 18.4. The fourth-order valence-corrected chi connectivity index (χ4v) is 3.54. The lowest BCUT2D eigenvalue weighted by Crippen LogP contribution is -2.42. The van der Waals surface area contributed by atoms with Crippen LogP contribution in [0.25, 0.3) is 0 Å². The van der Waals surface area contributed by atoms with E-state index in [9.17, 15) is 9.90 Å². The number of carbonyl (C=O) groups excluding carboxylic acids is 1. The second-order valence-corrected chi connectivity index (χ2v) is 7.23. The Morgan fingerprint density at radius 3 is 2.72 bits per heavy atom. The van der Waals surface area contributed by atoms with Gasteiger partial charge in [-0.3, -0.25) is 9.69 Å². The number of nitrogens with one attached hydrogen (secondary N) is 1. The van der Waals surface area contributed by atoms with Gasteiger partial charge in [-0.05, 0) is 52.7 Å². The van der Waals surface area contributed by atoms with Crippen LogP contribution in [0, 0.1) is 0 Å². The smallest absolute Gasteiger partial charge is 0.270 e. The molecule has 0 aromatic carbocycles. The fraction of sp³-hybridized carbons (Fsp3) is 0.684. The van der Waals surface area contributed by atoms with Crippen molar-refractivity contribution in [1.29, 1.82) is 0 Å². The van der Waals surface area contributed by atoms with Crippen LogP contribution in [-0.2, 0) is 0 Å². The number of aromatic nitrogens is 1. The summed E-state index contributed by atoms with van der Waals surface area (Å²) in [5.74, 6) is 0.629. The van der Waals surface area contributed by atoms with Gasteiger partial charge in [0.15, 0.2) is 0 Å². The summed E-state index contributed by atoms with van der Waals surface area (Å²) in [6, 6.07) is 6.51. The van der Waals surface area contributed by atoms with Crippen molar-refractivity contribution in [3.63, 3.8) is 0 Å². The Morgan fingerprint density at radius 1 is 1.36 bits per heavy atom. The molecule has 0 radical (unpaired) electrons. The monoisotopic (exact) mass is 348 g/mol. The Hall–Kier alpha value is -1.66. The molecule has 1 fully saturated rings. The first-order valence-electron chi connectivity index (χ1n) is 9.32. The maximum absolute atomic E-state index is 12.4. The minimum absolute atomic E-state index is 0.108. The van der Waals surface area contributed by atoms with Crippen LogP contribution in [0.5, 0.6) is 0 Å². The van der Waals surface area contributed by atoms with Crippen LogP contribution in [0.1, 0.15) is 51.0 Å². The molecule has 0 bridgehead atoms. The third-order valence-electron chi connectivity index (χ3n) is 4.83. The fourth-order valence-electron chi connectivity index (χ4n) is 3.54. The highest BCUT2D eigenvalue weighted by Gasteiger charge is 2.25. The lowest BCUT2D eigenvalue weighted by molar-refractivity contribution is 0.0934. The molecule has 6 nitrogen and oxygen atoms in total. The van der Waals surface area contributed by atoms with Crippen molar-refractivity contribution in [2.24, 2.45) is 0 Å². The highest BCUT2D eigenvalue weighted by Crippen LogP contribution is 2.23. The van der Waals surface area contributed by atoms with Crippen molar-refractivity contribution in [3.8, 4) is 0 Å². The lowest BCUT2D eigenvalue weighted by Gasteiger charge is -2.30. The molecule has 0 spiro atoms. The van der Waals surface area contributed by atoms with Gasteiger partial charge in [0.05, 0.1) is 12.6 Å². The number of hydrogen-bond donors (Lipinski definition) is 2. The van der Waals surface area contributed by atoms with Crippen molar-refractivity contribution in [3.05, 3.63) is 23.9 Å². The van der Waals surface area contributed by atoms with Gasteiger partial charge in [-0.15, -0.1) is 0 Å². The molecule has 25 heavy (non-hydrogen) atoms. The molecule has 1 aliphatic rings. The van der Waals surface area contributed by atoms with E-state index in [4.69, 9.17) is 0 Å². The molecular formula is C19H32N4O2. The number of aliphatic hydroxyl groups excluding tert-OH is 1. The van der Waals surface area contributed by atoms with Gasteiger partial charge < -0.3 is 15.3 Å². The third kappa shape index (κ3) is 5.16. The summed E-state index contributed by atoms with van der Waals surface area (Å²) in [5.41, 5.74) is 0.432. The van der Waals surface area contributed by atoms with Crippen LogP contribution < -0.4 is 10.2 Å². The molecule has 1 aromatic heterocycles. The van der Waals surface area contributed by atoms with E-state index in [-0.39, 0.29) is 18.6 Å². The van der Waals surface area contributed by atoms with Crippen LogP contribution in [0.4, 0.5) is 5.82 Å². The highest BCUT2D eigenvalue weighted by atomic mass is 16.3. The summed E-state index contributed by atoms with van der Waals surface area (Å²) in [7, 11) is 0. The van der Waals surface area contributed by atoms with Crippen molar-refractivity contribution >= 4 is 11.7 Å². The molecule has 2 rings (SSSR count). The van der Waals surface area contributed by atoms with Crippen LogP contribution in [0.2, 0.25) is 0 Å². The summed E-state index contributed by atoms with van der Waals surface area (Å²) in [6.45, 7) is 11.1. The van der Waals surface area contributed by atoms with Crippen LogP contribution in [0.3, 0.4) is 0 Å². The maximum atomic E-state index is 12.4. The first kappa shape index (κ1) is 19.7.